The van der Waals surface area contributed by atoms with Gasteiger partial charge in [0.05, 0.1) is 18.4 Å². The molecule has 0 radical (unpaired) electrons. The average Bonchev–Trinajstić information content (AvgIpc) is 3.37. The molecule has 0 saturated carbocycles. The molecule has 3 heterocycles. The van der Waals surface area contributed by atoms with Crippen molar-refractivity contribution in [2.24, 2.45) is 17.9 Å². The van der Waals surface area contributed by atoms with E-state index >= 15 is 0 Å². The molecule has 3 aromatic rings. The number of hydrazine groups is 2. The molecule has 3 N–H and O–H groups in total. The van der Waals surface area contributed by atoms with E-state index in [0.29, 0.717) is 13.2 Å². The largest absolute Gasteiger partial charge is 0.489 e. The van der Waals surface area contributed by atoms with Crippen molar-refractivity contribution in [2.75, 3.05) is 0 Å². The number of nitrogens with two attached hydrogens (primary N) is 1. The Kier molecular flexibility index (Phi) is 4.89. The lowest BCUT2D eigenvalue weighted by molar-refractivity contribution is 0.276. The van der Waals surface area contributed by atoms with Gasteiger partial charge in [-0.1, -0.05) is 48.5 Å². The number of aromatic nitrogens is 2. The quantitative estimate of drug-likeness (QED) is 0.605. The van der Waals surface area contributed by atoms with Gasteiger partial charge in [-0.3, -0.25) is 20.1 Å². The van der Waals surface area contributed by atoms with Gasteiger partial charge in [0.25, 0.3) is 0 Å². The van der Waals surface area contributed by atoms with Gasteiger partial charge in [-0.15, -0.1) is 0 Å². The Balaban J connectivity index is 1.39. The molecular formula is C23H23N7O. The van der Waals surface area contributed by atoms with Crippen molar-refractivity contribution in [1.29, 1.82) is 0 Å². The molecule has 0 spiro atoms. The number of fused-ring (bicyclic) bond motifs is 1. The van der Waals surface area contributed by atoms with E-state index in [2.05, 4.69) is 33.7 Å². The first kappa shape index (κ1) is 19.0. The average molecular weight is 413 g/mol. The van der Waals surface area contributed by atoms with E-state index in [9.17, 15) is 0 Å². The van der Waals surface area contributed by atoms with E-state index in [1.54, 1.807) is 11.0 Å². The smallest absolute Gasteiger partial charge is 0.124 e. The zero-order valence-electron chi connectivity index (χ0n) is 17.1. The van der Waals surface area contributed by atoms with Gasteiger partial charge in [0.15, 0.2) is 0 Å². The van der Waals surface area contributed by atoms with Crippen molar-refractivity contribution >= 4 is 12.0 Å². The van der Waals surface area contributed by atoms with Crippen LogP contribution < -0.4 is 16.0 Å². The standard InChI is InChI=1S/C23H23N7O/c1-28-12-19(11-26-28)22-23-20(14-29(24)16-25-23)30(27-22)13-18-9-5-6-10-21(18)31-15-17-7-3-2-4-8-17/h2-12,14,16,27H,13,15,24H2,1H3. The first-order chi connectivity index (χ1) is 15.2. The van der Waals surface area contributed by atoms with Crippen LogP contribution in [0.25, 0.3) is 5.70 Å². The molecule has 0 bridgehead atoms. The fourth-order valence-electron chi connectivity index (χ4n) is 3.62. The minimum atomic E-state index is 0.513. The number of aryl methyl sites for hydroxylation is 1. The molecule has 0 fully saturated rings. The highest BCUT2D eigenvalue weighted by atomic mass is 16.5. The molecule has 2 aliphatic rings. The van der Waals surface area contributed by atoms with Gasteiger partial charge >= 0.3 is 0 Å². The Morgan fingerprint density at radius 1 is 1.06 bits per heavy atom. The summed E-state index contributed by atoms with van der Waals surface area (Å²) in [5, 5.41) is 7.77. The second-order valence-corrected chi connectivity index (χ2v) is 7.41. The van der Waals surface area contributed by atoms with Crippen LogP contribution in [-0.2, 0) is 20.2 Å². The van der Waals surface area contributed by atoms with E-state index in [0.717, 1.165) is 39.5 Å². The molecule has 8 nitrogen and oxygen atoms in total. The second kappa shape index (κ2) is 8.00. The monoisotopic (exact) mass is 413 g/mol. The molecule has 0 unspecified atom stereocenters. The van der Waals surface area contributed by atoms with Crippen LogP contribution in [0.4, 0.5) is 0 Å². The van der Waals surface area contributed by atoms with Crippen molar-refractivity contribution in [2.45, 2.75) is 13.2 Å². The van der Waals surface area contributed by atoms with Gasteiger partial charge in [0, 0.05) is 30.6 Å². The zero-order valence-corrected chi connectivity index (χ0v) is 17.1. The SMILES string of the molecule is Cn1cc(C2=C3N=CN(N)C=C3N(Cc3ccccc3OCc3ccccc3)N2)cn1. The number of nitrogens with one attached hydrogen (secondary N) is 1. The number of hydrogen-bond acceptors (Lipinski definition) is 7. The maximum atomic E-state index is 6.14. The van der Waals surface area contributed by atoms with Gasteiger partial charge in [-0.25, -0.2) is 10.8 Å². The second-order valence-electron chi connectivity index (χ2n) is 7.41. The van der Waals surface area contributed by atoms with Gasteiger partial charge < -0.3 is 4.74 Å². The Morgan fingerprint density at radius 2 is 1.87 bits per heavy atom. The predicted molar refractivity (Wildman–Crippen MR) is 119 cm³/mol. The van der Waals surface area contributed by atoms with Gasteiger partial charge in [-0.2, -0.15) is 5.10 Å². The van der Waals surface area contributed by atoms with E-state index in [4.69, 9.17) is 10.6 Å². The molecule has 2 aliphatic heterocycles. The third-order valence-corrected chi connectivity index (χ3v) is 5.14. The molecule has 156 valence electrons. The highest BCUT2D eigenvalue weighted by molar-refractivity contribution is 5.77. The van der Waals surface area contributed by atoms with Gasteiger partial charge in [0.1, 0.15) is 30.1 Å². The van der Waals surface area contributed by atoms with E-state index in [1.165, 1.54) is 5.01 Å². The molecule has 1 aromatic heterocycles. The summed E-state index contributed by atoms with van der Waals surface area (Å²) < 4.78 is 7.91. The molecule has 8 heteroatoms. The summed E-state index contributed by atoms with van der Waals surface area (Å²) in [7, 11) is 1.89. The summed E-state index contributed by atoms with van der Waals surface area (Å²) in [5.41, 5.74) is 9.23. The van der Waals surface area contributed by atoms with Crippen LogP contribution >= 0.6 is 0 Å². The highest BCUT2D eigenvalue weighted by Gasteiger charge is 2.30. The molecular weight excluding hydrogens is 390 g/mol. The summed E-state index contributed by atoms with van der Waals surface area (Å²) >= 11 is 0. The van der Waals surface area contributed by atoms with E-state index in [-0.39, 0.29) is 0 Å². The Hall–Kier alpha value is -4.04. The minimum absolute atomic E-state index is 0.513. The molecule has 0 saturated heterocycles. The third kappa shape index (κ3) is 3.88. The fourth-order valence-corrected chi connectivity index (χ4v) is 3.62. The van der Waals surface area contributed by atoms with Crippen LogP contribution in [0.3, 0.4) is 0 Å². The highest BCUT2D eigenvalue weighted by Crippen LogP contribution is 2.34. The number of aliphatic imine (C=N–C) groups is 1. The van der Waals surface area contributed by atoms with Crippen LogP contribution in [0.2, 0.25) is 0 Å². The van der Waals surface area contributed by atoms with Crippen molar-refractivity contribution in [3.63, 3.8) is 0 Å². The summed E-state index contributed by atoms with van der Waals surface area (Å²) in [6, 6.07) is 18.2. The summed E-state index contributed by atoms with van der Waals surface area (Å²) in [6.45, 7) is 1.09. The van der Waals surface area contributed by atoms with Crippen LogP contribution in [0.15, 0.2) is 89.6 Å². The van der Waals surface area contributed by atoms with Crippen molar-refractivity contribution in [1.82, 2.24) is 25.2 Å². The topological polar surface area (TPSA) is 83.9 Å². The van der Waals surface area contributed by atoms with E-state index < -0.39 is 0 Å². The van der Waals surface area contributed by atoms with Crippen LogP contribution in [0, 0.1) is 0 Å². The predicted octanol–water partition coefficient (Wildman–Crippen LogP) is 2.75. The van der Waals surface area contributed by atoms with Crippen molar-refractivity contribution in [3.8, 4) is 5.75 Å². The molecule has 0 atom stereocenters. The summed E-state index contributed by atoms with van der Waals surface area (Å²) in [6.07, 6.45) is 7.22. The lowest BCUT2D eigenvalue weighted by Crippen LogP contribution is -2.33. The zero-order chi connectivity index (χ0) is 21.2. The fraction of sp³-hybridized carbons (Fsp3) is 0.130. The van der Waals surface area contributed by atoms with Gasteiger partial charge in [0.2, 0.25) is 0 Å². The molecule has 31 heavy (non-hydrogen) atoms. The summed E-state index contributed by atoms with van der Waals surface area (Å²) in [4.78, 5) is 4.54. The van der Waals surface area contributed by atoms with Crippen molar-refractivity contribution < 1.29 is 4.74 Å². The molecule has 2 aromatic carbocycles. The number of hydrogen-bond donors (Lipinski definition) is 2. The lowest BCUT2D eigenvalue weighted by Gasteiger charge is -2.25. The Labute approximate surface area is 180 Å². The van der Waals surface area contributed by atoms with Crippen LogP contribution in [0.1, 0.15) is 16.7 Å². The molecule has 0 aliphatic carbocycles. The first-order valence-electron chi connectivity index (χ1n) is 9.99. The number of benzene rings is 2. The number of rotatable bonds is 6. The van der Waals surface area contributed by atoms with Crippen molar-refractivity contribution in [3.05, 3.63) is 101 Å². The van der Waals surface area contributed by atoms with Gasteiger partial charge in [-0.05, 0) is 11.6 Å². The minimum Gasteiger partial charge on any atom is -0.489 e. The number of nitrogens with zero attached hydrogens (tertiary/aromatic N) is 5. The van der Waals surface area contributed by atoms with Crippen LogP contribution in [0.5, 0.6) is 5.75 Å². The number of ether oxygens (including phenoxy) is 1. The normalized spacial score (nSPS) is 15.1. The first-order valence-corrected chi connectivity index (χ1v) is 9.99. The lowest BCUT2D eigenvalue weighted by atomic mass is 10.1. The summed E-state index contributed by atoms with van der Waals surface area (Å²) in [5.74, 6) is 6.81. The maximum Gasteiger partial charge on any atom is 0.124 e. The third-order valence-electron chi connectivity index (χ3n) is 5.14. The Bertz CT molecular complexity index is 1180. The molecule has 5 rings (SSSR count). The Morgan fingerprint density at radius 3 is 2.68 bits per heavy atom. The van der Waals surface area contributed by atoms with E-state index in [1.807, 2.05) is 67.0 Å². The maximum absolute atomic E-state index is 6.14. The molecule has 0 amide bonds. The number of para-hydroxylation sites is 1. The van der Waals surface area contributed by atoms with Crippen LogP contribution in [-0.4, -0.2) is 26.1 Å².